The number of rotatable bonds is 5. The second kappa shape index (κ2) is 6.72. The van der Waals surface area contributed by atoms with Crippen molar-refractivity contribution >= 4 is 17.4 Å². The number of anilines is 1. The third-order valence-corrected chi connectivity index (χ3v) is 3.06. The normalized spacial score (nSPS) is 16.6. The molecular weight excluding hydrogens is 256 g/mol. The molecule has 1 aliphatic rings. The van der Waals surface area contributed by atoms with Crippen molar-refractivity contribution in [2.24, 2.45) is 0 Å². The molecule has 0 aromatic carbocycles. The highest BCUT2D eigenvalue weighted by molar-refractivity contribution is 6.31. The number of methoxy groups -OCH3 is 1. The van der Waals surface area contributed by atoms with Gasteiger partial charge in [0.15, 0.2) is 16.7 Å². The van der Waals surface area contributed by atoms with Gasteiger partial charge in [-0.25, -0.2) is 9.97 Å². The Balaban J connectivity index is 1.84. The molecule has 0 radical (unpaired) electrons. The Morgan fingerprint density at radius 3 is 2.94 bits per heavy atom. The Kier molecular flexibility index (Phi) is 4.98. The third-order valence-electron chi connectivity index (χ3n) is 2.79. The van der Waals surface area contributed by atoms with E-state index in [0.717, 1.165) is 39.4 Å². The minimum Gasteiger partial charge on any atom is -0.490 e. The van der Waals surface area contributed by atoms with Crippen molar-refractivity contribution in [1.29, 1.82) is 0 Å². The molecule has 1 saturated heterocycles. The molecule has 2 heterocycles. The molecule has 0 bridgehead atoms. The Labute approximate surface area is 111 Å². The van der Waals surface area contributed by atoms with E-state index in [1.807, 2.05) is 0 Å². The highest BCUT2D eigenvalue weighted by Gasteiger charge is 2.12. The standard InChI is InChI=1S/C11H17ClN4O2/c1-17-9-10(12)14-8-15-11(9)13-2-3-16-4-6-18-7-5-16/h8H,2-7H2,1H3,(H,13,14,15). The molecule has 6 nitrogen and oxygen atoms in total. The van der Waals surface area contributed by atoms with Crippen molar-refractivity contribution in [3.8, 4) is 5.75 Å². The van der Waals surface area contributed by atoms with Gasteiger partial charge in [0.1, 0.15) is 6.33 Å². The van der Waals surface area contributed by atoms with Crippen LogP contribution in [0.2, 0.25) is 5.15 Å². The summed E-state index contributed by atoms with van der Waals surface area (Å²) < 4.78 is 10.5. The number of nitrogens with zero attached hydrogens (tertiary/aromatic N) is 3. The number of nitrogens with one attached hydrogen (secondary N) is 1. The molecule has 18 heavy (non-hydrogen) atoms. The second-order valence-electron chi connectivity index (χ2n) is 3.93. The van der Waals surface area contributed by atoms with Crippen LogP contribution in [-0.4, -0.2) is 61.4 Å². The van der Waals surface area contributed by atoms with Gasteiger partial charge in [-0.2, -0.15) is 0 Å². The molecule has 1 aromatic rings. The summed E-state index contributed by atoms with van der Waals surface area (Å²) in [6.07, 6.45) is 1.42. The molecule has 0 aliphatic carbocycles. The highest BCUT2D eigenvalue weighted by Crippen LogP contribution is 2.27. The van der Waals surface area contributed by atoms with Crippen LogP contribution in [0.25, 0.3) is 0 Å². The van der Waals surface area contributed by atoms with Crippen LogP contribution in [0.15, 0.2) is 6.33 Å². The van der Waals surface area contributed by atoms with Crippen molar-refractivity contribution in [3.05, 3.63) is 11.5 Å². The van der Waals surface area contributed by atoms with Crippen LogP contribution in [0.1, 0.15) is 0 Å². The van der Waals surface area contributed by atoms with Crippen LogP contribution >= 0.6 is 11.6 Å². The Bertz CT molecular complexity index is 385. The van der Waals surface area contributed by atoms with E-state index in [1.165, 1.54) is 6.33 Å². The van der Waals surface area contributed by atoms with Crippen molar-refractivity contribution in [3.63, 3.8) is 0 Å². The molecule has 0 spiro atoms. The zero-order chi connectivity index (χ0) is 12.8. The molecule has 100 valence electrons. The maximum atomic E-state index is 5.91. The van der Waals surface area contributed by atoms with Crippen LogP contribution in [0.5, 0.6) is 5.75 Å². The summed E-state index contributed by atoms with van der Waals surface area (Å²) in [5, 5.41) is 3.53. The van der Waals surface area contributed by atoms with Gasteiger partial charge in [0.05, 0.1) is 20.3 Å². The molecule has 2 rings (SSSR count). The zero-order valence-corrected chi connectivity index (χ0v) is 11.1. The summed E-state index contributed by atoms with van der Waals surface area (Å²) >= 11 is 5.91. The molecule has 1 aromatic heterocycles. The van der Waals surface area contributed by atoms with Gasteiger partial charge in [-0.05, 0) is 0 Å². The van der Waals surface area contributed by atoms with E-state index in [-0.39, 0.29) is 0 Å². The monoisotopic (exact) mass is 272 g/mol. The van der Waals surface area contributed by atoms with Gasteiger partial charge in [0.2, 0.25) is 0 Å². The minimum absolute atomic E-state index is 0.321. The van der Waals surface area contributed by atoms with E-state index in [4.69, 9.17) is 21.1 Å². The number of halogens is 1. The summed E-state index contributed by atoms with van der Waals surface area (Å²) in [6.45, 7) is 5.29. The summed E-state index contributed by atoms with van der Waals surface area (Å²) in [5.74, 6) is 1.12. The molecule has 1 fully saturated rings. The molecule has 0 unspecified atom stereocenters. The summed E-state index contributed by atoms with van der Waals surface area (Å²) in [5.41, 5.74) is 0. The van der Waals surface area contributed by atoms with Crippen molar-refractivity contribution < 1.29 is 9.47 Å². The zero-order valence-electron chi connectivity index (χ0n) is 10.4. The molecular formula is C11H17ClN4O2. The lowest BCUT2D eigenvalue weighted by Crippen LogP contribution is -2.39. The molecule has 1 aliphatic heterocycles. The third kappa shape index (κ3) is 3.44. The molecule has 0 saturated carbocycles. The van der Waals surface area contributed by atoms with Crippen molar-refractivity contribution in [1.82, 2.24) is 14.9 Å². The summed E-state index contributed by atoms with van der Waals surface area (Å²) in [4.78, 5) is 10.3. The predicted molar refractivity (Wildman–Crippen MR) is 69.3 cm³/mol. The number of aromatic nitrogens is 2. The molecule has 1 N–H and O–H groups in total. The lowest BCUT2D eigenvalue weighted by Gasteiger charge is -2.26. The van der Waals surface area contributed by atoms with E-state index in [2.05, 4.69) is 20.2 Å². The number of ether oxygens (including phenoxy) is 2. The molecule has 0 amide bonds. The fraction of sp³-hybridized carbons (Fsp3) is 0.636. The first-order chi connectivity index (χ1) is 8.81. The van der Waals surface area contributed by atoms with Crippen LogP contribution in [0.3, 0.4) is 0 Å². The van der Waals surface area contributed by atoms with Gasteiger partial charge < -0.3 is 14.8 Å². The average molecular weight is 273 g/mol. The van der Waals surface area contributed by atoms with Gasteiger partial charge in [0, 0.05) is 26.2 Å². The summed E-state index contributed by atoms with van der Waals surface area (Å²) in [6, 6.07) is 0. The molecule has 7 heteroatoms. The predicted octanol–water partition coefficient (Wildman–Crippen LogP) is 0.883. The van der Waals surface area contributed by atoms with Gasteiger partial charge in [-0.15, -0.1) is 0 Å². The van der Waals surface area contributed by atoms with Gasteiger partial charge in [-0.3, -0.25) is 4.90 Å². The lowest BCUT2D eigenvalue weighted by atomic mass is 10.4. The van der Waals surface area contributed by atoms with E-state index >= 15 is 0 Å². The first kappa shape index (κ1) is 13.3. The first-order valence-corrected chi connectivity index (χ1v) is 6.27. The van der Waals surface area contributed by atoms with E-state index in [0.29, 0.717) is 16.7 Å². The lowest BCUT2D eigenvalue weighted by molar-refractivity contribution is 0.0398. The number of hydrogen-bond donors (Lipinski definition) is 1. The Morgan fingerprint density at radius 2 is 2.22 bits per heavy atom. The topological polar surface area (TPSA) is 59.5 Å². The van der Waals surface area contributed by atoms with E-state index in [9.17, 15) is 0 Å². The van der Waals surface area contributed by atoms with Crippen LogP contribution in [0, 0.1) is 0 Å². The fourth-order valence-electron chi connectivity index (χ4n) is 1.82. The Hall–Kier alpha value is -1.11. The van der Waals surface area contributed by atoms with E-state index < -0.39 is 0 Å². The SMILES string of the molecule is COc1c(Cl)ncnc1NCCN1CCOCC1. The maximum Gasteiger partial charge on any atom is 0.198 e. The highest BCUT2D eigenvalue weighted by atomic mass is 35.5. The maximum absolute atomic E-state index is 5.91. The van der Waals surface area contributed by atoms with Crippen LogP contribution in [0.4, 0.5) is 5.82 Å². The van der Waals surface area contributed by atoms with Crippen LogP contribution < -0.4 is 10.1 Å². The van der Waals surface area contributed by atoms with Gasteiger partial charge >= 0.3 is 0 Å². The quantitative estimate of drug-likeness (QED) is 0.803. The minimum atomic E-state index is 0.321. The fourth-order valence-corrected chi connectivity index (χ4v) is 2.03. The average Bonchev–Trinajstić information content (AvgIpc) is 2.40. The number of hydrogen-bond acceptors (Lipinski definition) is 6. The van der Waals surface area contributed by atoms with E-state index in [1.54, 1.807) is 7.11 Å². The number of morpholine rings is 1. The van der Waals surface area contributed by atoms with Crippen molar-refractivity contribution in [2.45, 2.75) is 0 Å². The largest absolute Gasteiger partial charge is 0.490 e. The first-order valence-electron chi connectivity index (χ1n) is 5.89. The van der Waals surface area contributed by atoms with Gasteiger partial charge in [-0.1, -0.05) is 11.6 Å². The van der Waals surface area contributed by atoms with Crippen molar-refractivity contribution in [2.75, 3.05) is 51.8 Å². The van der Waals surface area contributed by atoms with Crippen LogP contribution in [-0.2, 0) is 4.74 Å². The smallest absolute Gasteiger partial charge is 0.198 e. The molecule has 0 atom stereocenters. The Morgan fingerprint density at radius 1 is 1.44 bits per heavy atom. The second-order valence-corrected chi connectivity index (χ2v) is 4.29. The summed E-state index contributed by atoms with van der Waals surface area (Å²) in [7, 11) is 1.55. The van der Waals surface area contributed by atoms with Gasteiger partial charge in [0.25, 0.3) is 0 Å².